The Balaban J connectivity index is 2.78. The molecule has 0 unspecified atom stereocenters. The van der Waals surface area contributed by atoms with Crippen molar-refractivity contribution in [1.82, 2.24) is 4.90 Å². The number of carbonyl (C=O) groups excluding carboxylic acids is 1. The maximum absolute atomic E-state index is 11.8. The zero-order valence-electron chi connectivity index (χ0n) is 11.7. The number of rotatable bonds is 3. The number of aliphatic hydroxyl groups is 1. The molecule has 0 saturated heterocycles. The molecule has 0 aliphatic rings. The first-order valence-corrected chi connectivity index (χ1v) is 6.31. The molecule has 0 heterocycles. The molecule has 0 spiro atoms. The van der Waals surface area contributed by atoms with E-state index >= 15 is 0 Å². The first-order valence-electron chi connectivity index (χ1n) is 6.31. The Morgan fingerprint density at radius 2 is 2.21 bits per heavy atom. The highest BCUT2D eigenvalue weighted by Crippen LogP contribution is 2.16. The van der Waals surface area contributed by atoms with Gasteiger partial charge in [0.1, 0.15) is 0 Å². The molecule has 0 aliphatic heterocycles. The van der Waals surface area contributed by atoms with Gasteiger partial charge in [-0.25, -0.2) is 4.79 Å². The van der Waals surface area contributed by atoms with Gasteiger partial charge in [0.15, 0.2) is 0 Å². The van der Waals surface area contributed by atoms with E-state index < -0.39 is 0 Å². The van der Waals surface area contributed by atoms with Crippen LogP contribution in [0.5, 0.6) is 0 Å². The lowest BCUT2D eigenvalue weighted by Crippen LogP contribution is -2.31. The minimum absolute atomic E-state index is 0.0729. The van der Waals surface area contributed by atoms with Crippen LogP contribution >= 0.6 is 0 Å². The molecule has 0 bridgehead atoms. The molecule has 1 aromatic carbocycles. The molecule has 0 fully saturated rings. The molecule has 1 rings (SSSR count). The van der Waals surface area contributed by atoms with Gasteiger partial charge in [0.05, 0.1) is 6.61 Å². The van der Waals surface area contributed by atoms with E-state index in [9.17, 15) is 4.79 Å². The van der Waals surface area contributed by atoms with Crippen molar-refractivity contribution in [3.8, 4) is 11.8 Å². The summed E-state index contributed by atoms with van der Waals surface area (Å²) >= 11 is 0. The van der Waals surface area contributed by atoms with E-state index in [1.807, 2.05) is 32.0 Å². The fourth-order valence-electron chi connectivity index (χ4n) is 1.46. The number of anilines is 1. The van der Waals surface area contributed by atoms with Crippen LogP contribution in [0.2, 0.25) is 0 Å². The molecule has 4 heteroatoms. The van der Waals surface area contributed by atoms with Crippen molar-refractivity contribution in [1.29, 1.82) is 0 Å². The summed E-state index contributed by atoms with van der Waals surface area (Å²) in [5, 5.41) is 11.5. The lowest BCUT2D eigenvalue weighted by Gasteiger charge is -2.16. The fourth-order valence-corrected chi connectivity index (χ4v) is 1.46. The Morgan fingerprint density at radius 3 is 2.79 bits per heavy atom. The van der Waals surface area contributed by atoms with E-state index in [2.05, 4.69) is 17.2 Å². The molecule has 0 aliphatic carbocycles. The third-order valence-corrected chi connectivity index (χ3v) is 2.76. The number of carbonyl (C=O) groups is 1. The number of hydrogen-bond acceptors (Lipinski definition) is 2. The van der Waals surface area contributed by atoms with Gasteiger partial charge in [-0.05, 0) is 37.6 Å². The second-order valence-electron chi connectivity index (χ2n) is 4.25. The number of aliphatic hydroxyl groups excluding tert-OH is 1. The fraction of sp³-hybridized carbons (Fsp3) is 0.400. The highest BCUT2D eigenvalue weighted by atomic mass is 16.2. The Hall–Kier alpha value is -1.99. The van der Waals surface area contributed by atoms with Crippen molar-refractivity contribution in [3.63, 3.8) is 0 Å². The zero-order valence-corrected chi connectivity index (χ0v) is 11.7. The monoisotopic (exact) mass is 260 g/mol. The molecule has 0 saturated carbocycles. The number of aryl methyl sites for hydroxylation is 1. The van der Waals surface area contributed by atoms with Crippen LogP contribution in [0.4, 0.5) is 10.5 Å². The maximum Gasteiger partial charge on any atom is 0.321 e. The summed E-state index contributed by atoms with van der Waals surface area (Å²) in [7, 11) is 1.75. The summed E-state index contributed by atoms with van der Waals surface area (Å²) in [5.74, 6) is 5.84. The van der Waals surface area contributed by atoms with Crippen LogP contribution in [0.15, 0.2) is 18.2 Å². The van der Waals surface area contributed by atoms with Gasteiger partial charge in [0, 0.05) is 31.3 Å². The zero-order chi connectivity index (χ0) is 14.3. The molecular formula is C15H20N2O2. The molecule has 2 N–H and O–H groups in total. The van der Waals surface area contributed by atoms with E-state index in [0.29, 0.717) is 13.0 Å². The number of amides is 2. The summed E-state index contributed by atoms with van der Waals surface area (Å²) in [4.78, 5) is 13.4. The van der Waals surface area contributed by atoms with Gasteiger partial charge < -0.3 is 15.3 Å². The van der Waals surface area contributed by atoms with Crippen LogP contribution in [-0.4, -0.2) is 36.2 Å². The molecule has 0 aromatic heterocycles. The van der Waals surface area contributed by atoms with E-state index in [1.54, 1.807) is 11.9 Å². The molecule has 19 heavy (non-hydrogen) atoms. The molecule has 1 aromatic rings. The van der Waals surface area contributed by atoms with E-state index in [-0.39, 0.29) is 12.6 Å². The number of urea groups is 1. The summed E-state index contributed by atoms with van der Waals surface area (Å²) in [6.45, 7) is 4.59. The van der Waals surface area contributed by atoms with Gasteiger partial charge >= 0.3 is 6.03 Å². The number of hydrogen-bond donors (Lipinski definition) is 2. The molecule has 0 atom stereocenters. The predicted molar refractivity (Wildman–Crippen MR) is 77.1 cm³/mol. The minimum Gasteiger partial charge on any atom is -0.395 e. The molecular weight excluding hydrogens is 240 g/mol. The van der Waals surface area contributed by atoms with Gasteiger partial charge in [-0.3, -0.25) is 0 Å². The Labute approximate surface area is 114 Å². The first-order chi connectivity index (χ1) is 9.08. The van der Waals surface area contributed by atoms with Crippen molar-refractivity contribution in [2.24, 2.45) is 0 Å². The Kier molecular flexibility index (Phi) is 5.91. The quantitative estimate of drug-likeness (QED) is 0.819. The molecule has 102 valence electrons. The summed E-state index contributed by atoms with van der Waals surface area (Å²) < 4.78 is 0. The van der Waals surface area contributed by atoms with Crippen LogP contribution in [0.1, 0.15) is 24.5 Å². The average Bonchev–Trinajstić information content (AvgIpc) is 2.41. The van der Waals surface area contributed by atoms with Gasteiger partial charge in [-0.15, -0.1) is 0 Å². The topological polar surface area (TPSA) is 52.6 Å². The standard InChI is InChI=1S/C15H20N2O2/c1-4-17(3)15(19)16-14-9-8-13(11-12(14)2)7-5-6-10-18/h8-9,11,18H,4,6,10H2,1-3H3,(H,16,19). The van der Waals surface area contributed by atoms with Crippen molar-refractivity contribution in [3.05, 3.63) is 29.3 Å². The lowest BCUT2D eigenvalue weighted by molar-refractivity contribution is 0.224. The maximum atomic E-state index is 11.8. The first kappa shape index (κ1) is 15.1. The average molecular weight is 260 g/mol. The third-order valence-electron chi connectivity index (χ3n) is 2.76. The Bertz CT molecular complexity index is 501. The van der Waals surface area contributed by atoms with Crippen molar-refractivity contribution in [2.75, 3.05) is 25.5 Å². The number of benzene rings is 1. The van der Waals surface area contributed by atoms with Gasteiger partial charge in [-0.1, -0.05) is 11.8 Å². The van der Waals surface area contributed by atoms with Gasteiger partial charge in [0.25, 0.3) is 0 Å². The smallest absolute Gasteiger partial charge is 0.321 e. The molecule has 4 nitrogen and oxygen atoms in total. The normalized spacial score (nSPS) is 9.47. The van der Waals surface area contributed by atoms with E-state index in [4.69, 9.17) is 5.11 Å². The summed E-state index contributed by atoms with van der Waals surface area (Å²) in [6, 6.07) is 5.51. The highest BCUT2D eigenvalue weighted by Gasteiger charge is 2.07. The molecule has 0 radical (unpaired) electrons. The Morgan fingerprint density at radius 1 is 1.47 bits per heavy atom. The van der Waals surface area contributed by atoms with Crippen LogP contribution in [0.3, 0.4) is 0 Å². The summed E-state index contributed by atoms with van der Waals surface area (Å²) in [6.07, 6.45) is 0.471. The number of nitrogens with one attached hydrogen (secondary N) is 1. The largest absolute Gasteiger partial charge is 0.395 e. The van der Waals surface area contributed by atoms with Gasteiger partial charge in [-0.2, -0.15) is 0 Å². The second kappa shape index (κ2) is 7.45. The SMILES string of the molecule is CCN(C)C(=O)Nc1ccc(C#CCCO)cc1C. The van der Waals surface area contributed by atoms with E-state index in [0.717, 1.165) is 16.8 Å². The van der Waals surface area contributed by atoms with Gasteiger partial charge in [0.2, 0.25) is 0 Å². The lowest BCUT2D eigenvalue weighted by atomic mass is 10.1. The van der Waals surface area contributed by atoms with Crippen molar-refractivity contribution < 1.29 is 9.90 Å². The van der Waals surface area contributed by atoms with Crippen molar-refractivity contribution in [2.45, 2.75) is 20.3 Å². The molecule has 2 amide bonds. The predicted octanol–water partition coefficient (Wildman–Crippen LogP) is 2.21. The number of nitrogens with zero attached hydrogens (tertiary/aromatic N) is 1. The summed E-state index contributed by atoms with van der Waals surface area (Å²) in [5.41, 5.74) is 2.64. The van der Waals surface area contributed by atoms with E-state index in [1.165, 1.54) is 0 Å². The van der Waals surface area contributed by atoms with Crippen LogP contribution in [0, 0.1) is 18.8 Å². The minimum atomic E-state index is -0.121. The third kappa shape index (κ3) is 4.65. The van der Waals surface area contributed by atoms with Crippen LogP contribution < -0.4 is 5.32 Å². The van der Waals surface area contributed by atoms with Crippen molar-refractivity contribution >= 4 is 11.7 Å². The van der Waals surface area contributed by atoms with Crippen LogP contribution in [0.25, 0.3) is 0 Å². The highest BCUT2D eigenvalue weighted by molar-refractivity contribution is 5.90. The van der Waals surface area contributed by atoms with Crippen LogP contribution in [-0.2, 0) is 0 Å². The second-order valence-corrected chi connectivity index (χ2v) is 4.25.